The Bertz CT molecular complexity index is 334. The molecule has 1 aliphatic heterocycles. The zero-order valence-electron chi connectivity index (χ0n) is 9.98. The van der Waals surface area contributed by atoms with Gasteiger partial charge in [0.1, 0.15) is 0 Å². The van der Waals surface area contributed by atoms with Gasteiger partial charge < -0.3 is 4.90 Å². The van der Waals surface area contributed by atoms with Crippen LogP contribution in [-0.2, 0) is 0 Å². The van der Waals surface area contributed by atoms with Crippen molar-refractivity contribution in [3.05, 3.63) is 28.7 Å². The lowest BCUT2D eigenvalue weighted by molar-refractivity contribution is 0.259. The first-order chi connectivity index (χ1) is 8.29. The number of hydrogen-bond donors (Lipinski definition) is 1. The van der Waals surface area contributed by atoms with Crippen molar-refractivity contribution in [1.82, 2.24) is 4.90 Å². The highest BCUT2D eigenvalue weighted by atomic mass is 79.9. The van der Waals surface area contributed by atoms with E-state index in [1.54, 1.807) is 0 Å². The summed E-state index contributed by atoms with van der Waals surface area (Å²) in [5.41, 5.74) is 1.34. The molecule has 0 aliphatic carbocycles. The number of piperazine rings is 1. The zero-order chi connectivity index (χ0) is 12.1. The summed E-state index contributed by atoms with van der Waals surface area (Å²) in [4.78, 5) is 5.00. The van der Waals surface area contributed by atoms with E-state index in [0.29, 0.717) is 0 Å². The fourth-order valence-corrected chi connectivity index (χ4v) is 2.58. The predicted octanol–water partition coefficient (Wildman–Crippen LogP) is 2.89. The Morgan fingerprint density at radius 2 is 1.71 bits per heavy atom. The van der Waals surface area contributed by atoms with E-state index < -0.39 is 0 Å². The molecule has 1 heterocycles. The van der Waals surface area contributed by atoms with Gasteiger partial charge in [-0.25, -0.2) is 0 Å². The fraction of sp³-hybridized carbons (Fsp3) is 0.538. The number of hydrogen-bond acceptors (Lipinski definition) is 3. The van der Waals surface area contributed by atoms with Gasteiger partial charge in [0, 0.05) is 36.3 Å². The van der Waals surface area contributed by atoms with Crippen LogP contribution in [0.3, 0.4) is 0 Å². The third-order valence-electron chi connectivity index (χ3n) is 3.20. The predicted molar refractivity (Wildman–Crippen MR) is 81.3 cm³/mol. The van der Waals surface area contributed by atoms with Crippen LogP contribution in [0.15, 0.2) is 28.7 Å². The molecule has 0 aromatic heterocycles. The molecule has 0 saturated carbocycles. The van der Waals surface area contributed by atoms with Crippen LogP contribution in [0.4, 0.5) is 5.69 Å². The molecule has 4 heteroatoms. The summed E-state index contributed by atoms with van der Waals surface area (Å²) < 4.78 is 1.15. The Balaban J connectivity index is 1.84. The van der Waals surface area contributed by atoms with E-state index in [1.807, 2.05) is 0 Å². The summed E-state index contributed by atoms with van der Waals surface area (Å²) in [7, 11) is 0. The topological polar surface area (TPSA) is 6.48 Å². The van der Waals surface area contributed by atoms with Crippen molar-refractivity contribution in [1.29, 1.82) is 0 Å². The molecule has 2 rings (SSSR count). The largest absolute Gasteiger partial charge is 0.369 e. The maximum atomic E-state index is 4.26. The number of thiol groups is 1. The second-order valence-corrected chi connectivity index (χ2v) is 5.75. The van der Waals surface area contributed by atoms with Gasteiger partial charge in [0.15, 0.2) is 0 Å². The molecule has 0 spiro atoms. The van der Waals surface area contributed by atoms with Crippen LogP contribution in [0.5, 0.6) is 0 Å². The molecule has 1 saturated heterocycles. The molecule has 0 bridgehead atoms. The molecule has 0 N–H and O–H groups in total. The average molecular weight is 315 g/mol. The molecule has 94 valence electrons. The second kappa shape index (κ2) is 6.66. The molecular formula is C13H19BrN2S. The highest BCUT2D eigenvalue weighted by Gasteiger charge is 2.16. The maximum Gasteiger partial charge on any atom is 0.0367 e. The lowest BCUT2D eigenvalue weighted by atomic mass is 10.2. The van der Waals surface area contributed by atoms with Crippen molar-refractivity contribution in [2.75, 3.05) is 43.4 Å². The summed E-state index contributed by atoms with van der Waals surface area (Å²) in [6.07, 6.45) is 1.20. The van der Waals surface area contributed by atoms with E-state index in [-0.39, 0.29) is 0 Å². The van der Waals surface area contributed by atoms with Crippen LogP contribution in [0, 0.1) is 0 Å². The Hall–Kier alpha value is -0.190. The molecule has 0 amide bonds. The van der Waals surface area contributed by atoms with E-state index in [1.165, 1.54) is 31.7 Å². The minimum atomic E-state index is 0.993. The summed E-state index contributed by atoms with van der Waals surface area (Å²) >= 11 is 7.74. The van der Waals surface area contributed by atoms with E-state index in [0.717, 1.165) is 23.3 Å². The van der Waals surface area contributed by atoms with Crippen LogP contribution < -0.4 is 4.90 Å². The van der Waals surface area contributed by atoms with Gasteiger partial charge in [-0.15, -0.1) is 0 Å². The van der Waals surface area contributed by atoms with Crippen molar-refractivity contribution < 1.29 is 0 Å². The third kappa shape index (κ3) is 3.90. The number of benzene rings is 1. The average Bonchev–Trinajstić information content (AvgIpc) is 2.38. The van der Waals surface area contributed by atoms with Gasteiger partial charge in [0.05, 0.1) is 0 Å². The van der Waals surface area contributed by atoms with E-state index >= 15 is 0 Å². The third-order valence-corrected chi connectivity index (χ3v) is 4.04. The van der Waals surface area contributed by atoms with Crippen molar-refractivity contribution >= 4 is 34.2 Å². The van der Waals surface area contributed by atoms with Gasteiger partial charge in [0.2, 0.25) is 0 Å². The van der Waals surface area contributed by atoms with Gasteiger partial charge in [0.25, 0.3) is 0 Å². The molecule has 0 radical (unpaired) electrons. The minimum absolute atomic E-state index is 0.993. The highest BCUT2D eigenvalue weighted by Crippen LogP contribution is 2.19. The molecule has 17 heavy (non-hydrogen) atoms. The molecular weight excluding hydrogens is 296 g/mol. The van der Waals surface area contributed by atoms with E-state index in [9.17, 15) is 0 Å². The van der Waals surface area contributed by atoms with Crippen molar-refractivity contribution in [2.24, 2.45) is 0 Å². The molecule has 0 unspecified atom stereocenters. The number of rotatable bonds is 4. The summed E-state index contributed by atoms with van der Waals surface area (Å²) in [5.74, 6) is 0.993. The van der Waals surface area contributed by atoms with Gasteiger partial charge in [-0.05, 0) is 43.0 Å². The smallest absolute Gasteiger partial charge is 0.0367 e. The Labute approximate surface area is 118 Å². The minimum Gasteiger partial charge on any atom is -0.369 e. The maximum absolute atomic E-state index is 4.26. The van der Waals surface area contributed by atoms with Crippen molar-refractivity contribution in [3.8, 4) is 0 Å². The Kier molecular flexibility index (Phi) is 5.19. The summed E-state index contributed by atoms with van der Waals surface area (Å²) in [6, 6.07) is 8.60. The highest BCUT2D eigenvalue weighted by molar-refractivity contribution is 9.10. The van der Waals surface area contributed by atoms with Crippen LogP contribution in [0.2, 0.25) is 0 Å². The normalized spacial score (nSPS) is 17.4. The second-order valence-electron chi connectivity index (χ2n) is 4.38. The first-order valence-corrected chi connectivity index (χ1v) is 7.56. The molecule has 1 aromatic rings. The van der Waals surface area contributed by atoms with Gasteiger partial charge in [-0.3, -0.25) is 4.90 Å². The van der Waals surface area contributed by atoms with Crippen LogP contribution in [-0.4, -0.2) is 43.4 Å². The summed E-state index contributed by atoms with van der Waals surface area (Å²) in [5, 5.41) is 0. The van der Waals surface area contributed by atoms with Crippen LogP contribution >= 0.6 is 28.6 Å². The van der Waals surface area contributed by atoms with Crippen molar-refractivity contribution in [2.45, 2.75) is 6.42 Å². The standard InChI is InChI=1S/C13H19BrN2S/c14-12-2-4-13(5-3-12)16-9-7-15(8-10-16)6-1-11-17/h2-5,17H,1,6-11H2. The Morgan fingerprint density at radius 3 is 2.29 bits per heavy atom. The molecule has 2 nitrogen and oxygen atoms in total. The molecule has 1 aliphatic rings. The monoisotopic (exact) mass is 314 g/mol. The number of halogens is 1. The first kappa shape index (κ1) is 13.2. The first-order valence-electron chi connectivity index (χ1n) is 6.13. The summed E-state index contributed by atoms with van der Waals surface area (Å²) in [6.45, 7) is 5.80. The lowest BCUT2D eigenvalue weighted by Gasteiger charge is -2.36. The van der Waals surface area contributed by atoms with Crippen LogP contribution in [0.25, 0.3) is 0 Å². The van der Waals surface area contributed by atoms with Gasteiger partial charge in [-0.2, -0.15) is 12.6 Å². The SMILES string of the molecule is SCCCN1CCN(c2ccc(Br)cc2)CC1. The number of anilines is 1. The molecule has 1 fully saturated rings. The quantitative estimate of drug-likeness (QED) is 0.854. The Morgan fingerprint density at radius 1 is 1.06 bits per heavy atom. The van der Waals surface area contributed by atoms with Gasteiger partial charge >= 0.3 is 0 Å². The fourth-order valence-electron chi connectivity index (χ4n) is 2.18. The van der Waals surface area contributed by atoms with Gasteiger partial charge in [-0.1, -0.05) is 15.9 Å². The zero-order valence-corrected chi connectivity index (χ0v) is 12.5. The van der Waals surface area contributed by atoms with Crippen molar-refractivity contribution in [3.63, 3.8) is 0 Å². The molecule has 0 atom stereocenters. The molecule has 1 aromatic carbocycles. The van der Waals surface area contributed by atoms with Crippen LogP contribution in [0.1, 0.15) is 6.42 Å². The lowest BCUT2D eigenvalue weighted by Crippen LogP contribution is -2.46. The van der Waals surface area contributed by atoms with E-state index in [2.05, 4.69) is 62.6 Å². The van der Waals surface area contributed by atoms with E-state index in [4.69, 9.17) is 0 Å². The number of nitrogens with zero attached hydrogens (tertiary/aromatic N) is 2.